The van der Waals surface area contributed by atoms with Gasteiger partial charge in [0.1, 0.15) is 17.1 Å². The highest BCUT2D eigenvalue weighted by molar-refractivity contribution is 6.43. The van der Waals surface area contributed by atoms with Gasteiger partial charge < -0.3 is 8.83 Å². The summed E-state index contributed by atoms with van der Waals surface area (Å²) in [7, 11) is 0. The molecule has 2 heterocycles. The van der Waals surface area contributed by atoms with Gasteiger partial charge in [0.15, 0.2) is 5.76 Å². The van der Waals surface area contributed by atoms with E-state index in [1.165, 1.54) is 6.21 Å². The molecule has 3 aromatic carbocycles. The molecule has 0 unspecified atom stereocenters. The van der Waals surface area contributed by atoms with Crippen molar-refractivity contribution in [2.24, 2.45) is 5.10 Å². The number of hydrogen-bond acceptors (Lipinski definition) is 4. The Hall–Kier alpha value is -3.54. The predicted octanol–water partition coefficient (Wildman–Crippen LogP) is 6.92. The molecule has 5 nitrogen and oxygen atoms in total. The highest BCUT2D eigenvalue weighted by atomic mass is 35.5. The van der Waals surface area contributed by atoms with E-state index in [4.69, 9.17) is 32.0 Å². The Morgan fingerprint density at radius 3 is 2.68 bits per heavy atom. The zero-order valence-corrected chi connectivity index (χ0v) is 17.4. The van der Waals surface area contributed by atoms with Crippen LogP contribution in [0.4, 0.5) is 0 Å². The summed E-state index contributed by atoms with van der Waals surface area (Å²) in [5.41, 5.74) is 3.77. The van der Waals surface area contributed by atoms with Crippen LogP contribution < -0.4 is 5.43 Å². The number of benzene rings is 3. The maximum atomic E-state index is 12.5. The summed E-state index contributed by atoms with van der Waals surface area (Å²) in [6, 6.07) is 22.2. The number of hydrogen-bond donors (Lipinski definition) is 1. The Morgan fingerprint density at radius 1 is 0.903 bits per heavy atom. The molecule has 7 heteroatoms. The van der Waals surface area contributed by atoms with E-state index in [1.54, 1.807) is 36.4 Å². The van der Waals surface area contributed by atoms with Gasteiger partial charge in [-0.1, -0.05) is 59.6 Å². The molecule has 0 atom stereocenters. The third-order valence-electron chi connectivity index (χ3n) is 4.85. The van der Waals surface area contributed by atoms with Crippen molar-refractivity contribution in [2.45, 2.75) is 0 Å². The molecule has 0 aliphatic carbocycles. The summed E-state index contributed by atoms with van der Waals surface area (Å²) in [4.78, 5) is 12.5. The molecule has 5 aromatic rings. The molecule has 0 radical (unpaired) electrons. The molecule has 0 aliphatic rings. The maximum absolute atomic E-state index is 12.5. The van der Waals surface area contributed by atoms with Gasteiger partial charge in [0.2, 0.25) is 0 Å². The van der Waals surface area contributed by atoms with Gasteiger partial charge in [-0.3, -0.25) is 4.79 Å². The molecule has 0 bridgehead atoms. The van der Waals surface area contributed by atoms with Crippen molar-refractivity contribution in [1.82, 2.24) is 5.43 Å². The van der Waals surface area contributed by atoms with Crippen molar-refractivity contribution in [1.29, 1.82) is 0 Å². The lowest BCUT2D eigenvalue weighted by Gasteiger charge is -2.01. The summed E-state index contributed by atoms with van der Waals surface area (Å²) < 4.78 is 11.4. The fourth-order valence-electron chi connectivity index (χ4n) is 3.38. The van der Waals surface area contributed by atoms with Crippen LogP contribution >= 0.6 is 23.2 Å². The van der Waals surface area contributed by atoms with E-state index in [2.05, 4.69) is 10.5 Å². The predicted molar refractivity (Wildman–Crippen MR) is 123 cm³/mol. The second-order valence-corrected chi connectivity index (χ2v) is 7.60. The molecule has 0 saturated carbocycles. The first-order valence-electron chi connectivity index (χ1n) is 9.39. The molecule has 5 rings (SSSR count). The summed E-state index contributed by atoms with van der Waals surface area (Å²) in [5.74, 6) is 0.710. The summed E-state index contributed by atoms with van der Waals surface area (Å²) in [6.07, 6.45) is 1.40. The molecule has 1 N–H and O–H groups in total. The van der Waals surface area contributed by atoms with E-state index in [-0.39, 0.29) is 5.76 Å². The van der Waals surface area contributed by atoms with E-state index >= 15 is 0 Å². The van der Waals surface area contributed by atoms with Crippen LogP contribution in [0.3, 0.4) is 0 Å². The fraction of sp³-hybridized carbons (Fsp3) is 0. The molecular formula is C24H14Cl2N2O3. The van der Waals surface area contributed by atoms with E-state index in [1.807, 2.05) is 36.4 Å². The van der Waals surface area contributed by atoms with Gasteiger partial charge >= 0.3 is 5.91 Å². The van der Waals surface area contributed by atoms with Crippen molar-refractivity contribution in [3.63, 3.8) is 0 Å². The second-order valence-electron chi connectivity index (χ2n) is 6.81. The minimum absolute atomic E-state index is 0.175. The van der Waals surface area contributed by atoms with Crippen LogP contribution in [0, 0.1) is 0 Å². The first-order valence-corrected chi connectivity index (χ1v) is 10.1. The monoisotopic (exact) mass is 448 g/mol. The third-order valence-corrected chi connectivity index (χ3v) is 5.67. The Bertz CT molecular complexity index is 1470. The van der Waals surface area contributed by atoms with Crippen molar-refractivity contribution in [2.75, 3.05) is 0 Å². The lowest BCUT2D eigenvalue weighted by Crippen LogP contribution is -2.16. The lowest BCUT2D eigenvalue weighted by molar-refractivity contribution is 0.0929. The van der Waals surface area contributed by atoms with Gasteiger partial charge in [-0.15, -0.1) is 0 Å². The SMILES string of the molecule is O=C(N/N=C\c1ccc(-c2cccc(Cl)c2Cl)o1)c1cc2c(ccc3ccccc32)o1. The van der Waals surface area contributed by atoms with E-state index < -0.39 is 5.91 Å². The first kappa shape index (κ1) is 19.4. The first-order chi connectivity index (χ1) is 15.1. The maximum Gasteiger partial charge on any atom is 0.307 e. The van der Waals surface area contributed by atoms with E-state index in [0.717, 1.165) is 16.2 Å². The molecule has 2 aromatic heterocycles. The minimum atomic E-state index is -0.457. The largest absolute Gasteiger partial charge is 0.455 e. The van der Waals surface area contributed by atoms with Crippen molar-refractivity contribution >= 4 is 57.1 Å². The van der Waals surface area contributed by atoms with Gasteiger partial charge in [-0.25, -0.2) is 5.43 Å². The van der Waals surface area contributed by atoms with Gasteiger partial charge in [0.05, 0.1) is 16.3 Å². The number of furan rings is 2. The number of nitrogens with zero attached hydrogens (tertiary/aromatic N) is 1. The molecule has 0 fully saturated rings. The second kappa shape index (κ2) is 7.95. The number of rotatable bonds is 4. The number of carbonyl (C=O) groups is 1. The van der Waals surface area contributed by atoms with Crippen LogP contribution in [0.15, 0.2) is 86.7 Å². The summed E-state index contributed by atoms with van der Waals surface area (Å²) in [5, 5.41) is 7.79. The van der Waals surface area contributed by atoms with Crippen molar-refractivity contribution < 1.29 is 13.6 Å². The van der Waals surface area contributed by atoms with E-state index in [0.29, 0.717) is 32.7 Å². The Morgan fingerprint density at radius 2 is 1.77 bits per heavy atom. The minimum Gasteiger partial charge on any atom is -0.455 e. The third kappa shape index (κ3) is 3.69. The number of amides is 1. The number of nitrogens with one attached hydrogen (secondary N) is 1. The Balaban J connectivity index is 1.33. The average molecular weight is 449 g/mol. The topological polar surface area (TPSA) is 67.7 Å². The normalized spacial score (nSPS) is 11.5. The molecule has 0 spiro atoms. The zero-order valence-electron chi connectivity index (χ0n) is 15.9. The van der Waals surface area contributed by atoms with Crippen molar-refractivity contribution in [3.8, 4) is 11.3 Å². The van der Waals surface area contributed by atoms with Gasteiger partial charge in [0.25, 0.3) is 0 Å². The van der Waals surface area contributed by atoms with Crippen molar-refractivity contribution in [3.05, 3.63) is 94.4 Å². The van der Waals surface area contributed by atoms with Gasteiger partial charge in [0, 0.05) is 10.9 Å². The fourth-order valence-corrected chi connectivity index (χ4v) is 3.77. The molecule has 31 heavy (non-hydrogen) atoms. The molecule has 152 valence electrons. The number of carbonyl (C=O) groups excluding carboxylic acids is 1. The molecule has 1 amide bonds. The zero-order chi connectivity index (χ0) is 21.4. The van der Waals surface area contributed by atoms with Crippen LogP contribution in [-0.2, 0) is 0 Å². The molecule has 0 saturated heterocycles. The Labute approximate surface area is 186 Å². The lowest BCUT2D eigenvalue weighted by atomic mass is 10.1. The number of fused-ring (bicyclic) bond motifs is 3. The van der Waals surface area contributed by atoms with E-state index in [9.17, 15) is 4.79 Å². The summed E-state index contributed by atoms with van der Waals surface area (Å²) in [6.45, 7) is 0. The molecular weight excluding hydrogens is 435 g/mol. The smallest absolute Gasteiger partial charge is 0.307 e. The van der Waals surface area contributed by atoms with Gasteiger partial charge in [-0.2, -0.15) is 5.10 Å². The molecule has 0 aliphatic heterocycles. The number of halogens is 2. The van der Waals surface area contributed by atoms with Crippen LogP contribution in [0.1, 0.15) is 16.3 Å². The van der Waals surface area contributed by atoms with Gasteiger partial charge in [-0.05, 0) is 47.2 Å². The number of hydrazone groups is 1. The van der Waals surface area contributed by atoms with Crippen LogP contribution in [-0.4, -0.2) is 12.1 Å². The quantitative estimate of drug-likeness (QED) is 0.239. The van der Waals surface area contributed by atoms with Crippen LogP contribution in [0.2, 0.25) is 10.0 Å². The van der Waals surface area contributed by atoms with Crippen LogP contribution in [0.5, 0.6) is 0 Å². The Kier molecular flexibility index (Phi) is 4.98. The summed E-state index contributed by atoms with van der Waals surface area (Å²) >= 11 is 12.3. The average Bonchev–Trinajstić information content (AvgIpc) is 3.43. The standard InChI is InChI=1S/C24H14Cl2N2O3/c25-19-7-3-6-17(23(19)26)20-11-9-15(30-20)13-27-28-24(29)22-12-18-16-5-2-1-4-14(16)8-10-21(18)31-22/h1-13H,(H,28,29)/b27-13-. The highest BCUT2D eigenvalue weighted by Gasteiger charge is 2.14. The highest BCUT2D eigenvalue weighted by Crippen LogP contribution is 2.34. The van der Waals surface area contributed by atoms with Crippen LogP contribution in [0.25, 0.3) is 33.1 Å².